The lowest BCUT2D eigenvalue weighted by Crippen LogP contribution is -2.34. The highest BCUT2D eigenvalue weighted by Gasteiger charge is 2.23. The summed E-state index contributed by atoms with van der Waals surface area (Å²) in [5.41, 5.74) is 3.68. The number of ether oxygens (including phenoxy) is 1. The third-order valence-corrected chi connectivity index (χ3v) is 6.11. The number of thiophene rings is 1. The van der Waals surface area contributed by atoms with Crippen LogP contribution in [0.1, 0.15) is 30.0 Å². The van der Waals surface area contributed by atoms with Gasteiger partial charge in [0, 0.05) is 24.7 Å². The lowest BCUT2D eigenvalue weighted by atomic mass is 10.0. The van der Waals surface area contributed by atoms with Gasteiger partial charge in [-0.3, -0.25) is 10.00 Å². The molecule has 1 unspecified atom stereocenters. The Kier molecular flexibility index (Phi) is 5.87. The maximum absolute atomic E-state index is 5.31. The summed E-state index contributed by atoms with van der Waals surface area (Å²) in [5.74, 6) is 0.908. The average molecular weight is 383 g/mol. The Balaban J connectivity index is 1.44. The number of methoxy groups -OCH3 is 1. The molecule has 3 heterocycles. The van der Waals surface area contributed by atoms with E-state index in [0.29, 0.717) is 6.04 Å². The van der Waals surface area contributed by atoms with Crippen molar-refractivity contribution in [3.05, 3.63) is 59.1 Å². The summed E-state index contributed by atoms with van der Waals surface area (Å²) in [6.45, 7) is 4.07. The number of aromatic nitrogens is 2. The molecule has 1 aromatic carbocycles. The van der Waals surface area contributed by atoms with Gasteiger partial charge in [0.25, 0.3) is 0 Å². The lowest BCUT2D eigenvalue weighted by Gasteiger charge is -2.28. The number of nitrogens with one attached hydrogen (secondary N) is 2. The molecule has 4 rings (SSSR count). The summed E-state index contributed by atoms with van der Waals surface area (Å²) in [6.07, 6.45) is 4.51. The first-order valence-corrected chi connectivity index (χ1v) is 10.4. The number of nitrogens with zero attached hydrogens (tertiary/aromatic N) is 2. The van der Waals surface area contributed by atoms with Gasteiger partial charge in [0.1, 0.15) is 5.75 Å². The Labute approximate surface area is 164 Å². The number of hydrogen-bond acceptors (Lipinski definition) is 5. The zero-order valence-corrected chi connectivity index (χ0v) is 16.5. The molecular formula is C21H26N4OS. The molecule has 0 bridgehead atoms. The van der Waals surface area contributed by atoms with Crippen LogP contribution in [-0.4, -0.2) is 41.8 Å². The van der Waals surface area contributed by atoms with Crippen molar-refractivity contribution in [1.82, 2.24) is 20.4 Å². The summed E-state index contributed by atoms with van der Waals surface area (Å²) in [5, 5.41) is 13.2. The van der Waals surface area contributed by atoms with Gasteiger partial charge in [0.05, 0.1) is 23.9 Å². The molecule has 2 N–H and O–H groups in total. The lowest BCUT2D eigenvalue weighted by molar-refractivity contribution is 0.238. The molecule has 0 amide bonds. The van der Waals surface area contributed by atoms with E-state index in [2.05, 4.69) is 62.2 Å². The molecule has 1 aliphatic rings. The van der Waals surface area contributed by atoms with Crippen LogP contribution in [0.5, 0.6) is 5.75 Å². The quantitative estimate of drug-likeness (QED) is 0.617. The van der Waals surface area contributed by atoms with E-state index in [1.807, 2.05) is 6.20 Å². The molecule has 27 heavy (non-hydrogen) atoms. The van der Waals surface area contributed by atoms with Gasteiger partial charge < -0.3 is 10.1 Å². The topological polar surface area (TPSA) is 53.2 Å². The third kappa shape index (κ3) is 4.24. The summed E-state index contributed by atoms with van der Waals surface area (Å²) in [7, 11) is 1.71. The molecule has 1 saturated heterocycles. The highest BCUT2D eigenvalue weighted by Crippen LogP contribution is 2.28. The fraction of sp³-hybridized carbons (Fsp3) is 0.381. The Morgan fingerprint density at radius 3 is 2.74 bits per heavy atom. The zero-order chi connectivity index (χ0) is 18.5. The molecule has 0 radical (unpaired) electrons. The van der Waals surface area contributed by atoms with Crippen molar-refractivity contribution in [3.8, 4) is 16.3 Å². The van der Waals surface area contributed by atoms with E-state index in [1.54, 1.807) is 18.4 Å². The highest BCUT2D eigenvalue weighted by atomic mass is 32.1. The maximum Gasteiger partial charge on any atom is 0.118 e. The summed E-state index contributed by atoms with van der Waals surface area (Å²) in [6, 6.07) is 13.1. The molecule has 3 aromatic rings. The van der Waals surface area contributed by atoms with E-state index in [-0.39, 0.29) is 0 Å². The minimum Gasteiger partial charge on any atom is -0.497 e. The molecule has 142 valence electrons. The first-order valence-electron chi connectivity index (χ1n) is 9.50. The SMILES string of the molecule is COc1ccc(C(CNCc2cn[nH]c2-c2cccs2)N2CCCC2)cc1. The summed E-state index contributed by atoms with van der Waals surface area (Å²) in [4.78, 5) is 3.82. The van der Waals surface area contributed by atoms with Crippen LogP contribution < -0.4 is 10.1 Å². The van der Waals surface area contributed by atoms with Gasteiger partial charge in [0.2, 0.25) is 0 Å². The highest BCUT2D eigenvalue weighted by molar-refractivity contribution is 7.13. The van der Waals surface area contributed by atoms with Crippen LogP contribution in [0.2, 0.25) is 0 Å². The number of likely N-dealkylation sites (tertiary alicyclic amines) is 1. The fourth-order valence-electron chi connectivity index (χ4n) is 3.76. The fourth-order valence-corrected chi connectivity index (χ4v) is 4.52. The van der Waals surface area contributed by atoms with Crippen LogP contribution in [0.25, 0.3) is 10.6 Å². The Morgan fingerprint density at radius 2 is 2.04 bits per heavy atom. The van der Waals surface area contributed by atoms with Gasteiger partial charge in [-0.05, 0) is 55.1 Å². The van der Waals surface area contributed by atoms with E-state index in [4.69, 9.17) is 4.74 Å². The zero-order valence-electron chi connectivity index (χ0n) is 15.6. The second kappa shape index (κ2) is 8.69. The molecule has 6 heteroatoms. The van der Waals surface area contributed by atoms with E-state index in [1.165, 1.54) is 41.9 Å². The average Bonchev–Trinajstić information content (AvgIpc) is 3.47. The Morgan fingerprint density at radius 1 is 1.22 bits per heavy atom. The van der Waals surface area contributed by atoms with Crippen molar-refractivity contribution in [1.29, 1.82) is 0 Å². The van der Waals surface area contributed by atoms with Crippen LogP contribution in [0.3, 0.4) is 0 Å². The second-order valence-corrected chi connectivity index (χ2v) is 7.86. The Hall–Kier alpha value is -2.15. The minimum absolute atomic E-state index is 0.385. The largest absolute Gasteiger partial charge is 0.497 e. The van der Waals surface area contributed by atoms with Gasteiger partial charge in [0.15, 0.2) is 0 Å². The van der Waals surface area contributed by atoms with Crippen molar-refractivity contribution in [2.24, 2.45) is 0 Å². The summed E-state index contributed by atoms with van der Waals surface area (Å²) < 4.78 is 5.31. The van der Waals surface area contributed by atoms with Crippen molar-refractivity contribution >= 4 is 11.3 Å². The first-order chi connectivity index (χ1) is 13.3. The van der Waals surface area contributed by atoms with Crippen molar-refractivity contribution in [2.75, 3.05) is 26.7 Å². The van der Waals surface area contributed by atoms with E-state index < -0.39 is 0 Å². The smallest absolute Gasteiger partial charge is 0.118 e. The molecule has 0 spiro atoms. The molecular weight excluding hydrogens is 356 g/mol. The molecule has 2 aromatic heterocycles. The number of rotatable bonds is 8. The number of hydrogen-bond donors (Lipinski definition) is 2. The molecule has 1 aliphatic heterocycles. The predicted molar refractivity (Wildman–Crippen MR) is 110 cm³/mol. The number of benzene rings is 1. The molecule has 0 saturated carbocycles. The third-order valence-electron chi connectivity index (χ3n) is 5.22. The van der Waals surface area contributed by atoms with Crippen LogP contribution >= 0.6 is 11.3 Å². The van der Waals surface area contributed by atoms with Gasteiger partial charge in [-0.15, -0.1) is 11.3 Å². The molecule has 1 atom stereocenters. The monoisotopic (exact) mass is 382 g/mol. The van der Waals surface area contributed by atoms with E-state index in [0.717, 1.165) is 24.5 Å². The minimum atomic E-state index is 0.385. The van der Waals surface area contributed by atoms with E-state index in [9.17, 15) is 0 Å². The van der Waals surface area contributed by atoms with Gasteiger partial charge in [-0.25, -0.2) is 0 Å². The summed E-state index contributed by atoms with van der Waals surface area (Å²) >= 11 is 1.74. The van der Waals surface area contributed by atoms with Crippen LogP contribution in [0.4, 0.5) is 0 Å². The van der Waals surface area contributed by atoms with Gasteiger partial charge in [-0.1, -0.05) is 18.2 Å². The van der Waals surface area contributed by atoms with Crippen LogP contribution in [-0.2, 0) is 6.54 Å². The van der Waals surface area contributed by atoms with Crippen LogP contribution in [0.15, 0.2) is 48.0 Å². The van der Waals surface area contributed by atoms with Crippen molar-refractivity contribution in [3.63, 3.8) is 0 Å². The first kappa shape index (κ1) is 18.2. The molecule has 0 aliphatic carbocycles. The molecule has 5 nitrogen and oxygen atoms in total. The number of H-pyrrole nitrogens is 1. The van der Waals surface area contributed by atoms with Crippen molar-refractivity contribution in [2.45, 2.75) is 25.4 Å². The second-order valence-electron chi connectivity index (χ2n) is 6.91. The Bertz CT molecular complexity index is 822. The normalized spacial score (nSPS) is 15.9. The predicted octanol–water partition coefficient (Wildman–Crippen LogP) is 4.07. The van der Waals surface area contributed by atoms with Crippen LogP contribution in [0, 0.1) is 0 Å². The van der Waals surface area contributed by atoms with Gasteiger partial charge in [-0.2, -0.15) is 5.10 Å². The van der Waals surface area contributed by atoms with E-state index >= 15 is 0 Å². The standard InChI is InChI=1S/C21H26N4OS/c1-26-18-8-6-16(7-9-18)19(25-10-2-3-11-25)15-22-13-17-14-23-24-21(17)20-5-4-12-27-20/h4-9,12,14,19,22H,2-3,10-11,13,15H2,1H3,(H,23,24). The van der Waals surface area contributed by atoms with Crippen molar-refractivity contribution < 1.29 is 4.74 Å². The molecule has 1 fully saturated rings. The maximum atomic E-state index is 5.31. The van der Waals surface area contributed by atoms with Gasteiger partial charge >= 0.3 is 0 Å². The number of aromatic amines is 1.